The van der Waals surface area contributed by atoms with Gasteiger partial charge in [-0.3, -0.25) is 0 Å². The first-order valence-corrected chi connectivity index (χ1v) is 4.36. The van der Waals surface area contributed by atoms with Crippen molar-refractivity contribution in [2.24, 2.45) is 0 Å². The van der Waals surface area contributed by atoms with E-state index in [1.807, 2.05) is 6.92 Å². The highest BCUT2D eigenvalue weighted by Gasteiger charge is 2.18. The maximum atomic E-state index is 12.8. The van der Waals surface area contributed by atoms with Gasteiger partial charge in [0.25, 0.3) is 0 Å². The molecule has 2 rings (SSSR count). The fourth-order valence-electron chi connectivity index (χ4n) is 1.29. The minimum Gasteiger partial charge on any atom is -0.377 e. The molecular weight excluding hydrogens is 169 g/mol. The van der Waals surface area contributed by atoms with Crippen LogP contribution in [0.5, 0.6) is 0 Å². The van der Waals surface area contributed by atoms with Gasteiger partial charge in [-0.25, -0.2) is 4.39 Å². The van der Waals surface area contributed by atoms with Crippen molar-refractivity contribution in [2.45, 2.75) is 13.0 Å². The number of hydrogen-bond donors (Lipinski definition) is 1. The highest BCUT2D eigenvalue weighted by molar-refractivity contribution is 5.51. The van der Waals surface area contributed by atoms with Crippen molar-refractivity contribution < 1.29 is 9.13 Å². The number of aryl methyl sites for hydroxylation is 1. The summed E-state index contributed by atoms with van der Waals surface area (Å²) in [4.78, 5) is 0. The molecule has 1 N–H and O–H groups in total. The van der Waals surface area contributed by atoms with Crippen molar-refractivity contribution in [3.05, 3.63) is 29.6 Å². The monoisotopic (exact) mass is 181 g/mol. The second kappa shape index (κ2) is 3.34. The first-order chi connectivity index (χ1) is 6.25. The summed E-state index contributed by atoms with van der Waals surface area (Å²) in [5.41, 5.74) is 1.93. The van der Waals surface area contributed by atoms with Crippen LogP contribution in [-0.2, 0) is 4.74 Å². The molecule has 1 saturated heterocycles. The molecule has 1 aromatic rings. The van der Waals surface area contributed by atoms with E-state index < -0.39 is 0 Å². The van der Waals surface area contributed by atoms with Gasteiger partial charge in [0, 0.05) is 5.69 Å². The van der Waals surface area contributed by atoms with Crippen LogP contribution in [0.4, 0.5) is 10.1 Å². The Morgan fingerprint density at radius 3 is 2.85 bits per heavy atom. The quantitative estimate of drug-likeness (QED) is 0.752. The van der Waals surface area contributed by atoms with Crippen LogP contribution in [0.3, 0.4) is 0 Å². The summed E-state index contributed by atoms with van der Waals surface area (Å²) in [5, 5.41) is 3.22. The van der Waals surface area contributed by atoms with E-state index in [9.17, 15) is 4.39 Å². The van der Waals surface area contributed by atoms with Crippen molar-refractivity contribution in [2.75, 3.05) is 18.5 Å². The minimum atomic E-state index is -0.201. The highest BCUT2D eigenvalue weighted by Crippen LogP contribution is 2.18. The molecule has 1 aromatic carbocycles. The topological polar surface area (TPSA) is 21.3 Å². The Bertz CT molecular complexity index is 310. The van der Waals surface area contributed by atoms with Crippen LogP contribution in [0.25, 0.3) is 0 Å². The largest absolute Gasteiger partial charge is 0.377 e. The second-order valence-electron chi connectivity index (χ2n) is 3.34. The molecule has 1 aliphatic heterocycles. The van der Waals surface area contributed by atoms with E-state index in [4.69, 9.17) is 4.74 Å². The maximum absolute atomic E-state index is 12.8. The Kier molecular flexibility index (Phi) is 2.19. The van der Waals surface area contributed by atoms with Crippen LogP contribution in [0.15, 0.2) is 18.2 Å². The number of benzene rings is 1. The molecule has 0 aromatic heterocycles. The Morgan fingerprint density at radius 2 is 2.23 bits per heavy atom. The SMILES string of the molecule is Cc1ccc(F)cc1NC1COC1. The molecule has 0 atom stereocenters. The molecule has 0 spiro atoms. The van der Waals surface area contributed by atoms with E-state index in [0.717, 1.165) is 24.5 Å². The average Bonchev–Trinajstić information content (AvgIpc) is 2.03. The zero-order valence-electron chi connectivity index (χ0n) is 7.51. The standard InChI is InChI=1S/C10H12FNO/c1-7-2-3-8(11)4-10(7)12-9-5-13-6-9/h2-4,9,12H,5-6H2,1H3. The maximum Gasteiger partial charge on any atom is 0.125 e. The first-order valence-electron chi connectivity index (χ1n) is 4.36. The third-order valence-corrected chi connectivity index (χ3v) is 2.20. The van der Waals surface area contributed by atoms with Crippen LogP contribution < -0.4 is 5.32 Å². The molecule has 0 amide bonds. The highest BCUT2D eigenvalue weighted by atomic mass is 19.1. The number of rotatable bonds is 2. The number of hydrogen-bond acceptors (Lipinski definition) is 2. The van der Waals surface area contributed by atoms with Gasteiger partial charge in [0.05, 0.1) is 19.3 Å². The zero-order chi connectivity index (χ0) is 9.26. The average molecular weight is 181 g/mol. The summed E-state index contributed by atoms with van der Waals surface area (Å²) in [5.74, 6) is -0.201. The summed E-state index contributed by atoms with van der Waals surface area (Å²) in [6.07, 6.45) is 0. The Hall–Kier alpha value is -1.09. The molecule has 0 radical (unpaired) electrons. The summed E-state index contributed by atoms with van der Waals surface area (Å²) < 4.78 is 17.9. The Morgan fingerprint density at radius 1 is 1.46 bits per heavy atom. The molecule has 0 unspecified atom stereocenters. The van der Waals surface area contributed by atoms with Crippen LogP contribution in [0.1, 0.15) is 5.56 Å². The summed E-state index contributed by atoms with van der Waals surface area (Å²) in [7, 11) is 0. The predicted molar refractivity (Wildman–Crippen MR) is 49.4 cm³/mol. The number of halogens is 1. The van der Waals surface area contributed by atoms with Gasteiger partial charge in [-0.2, -0.15) is 0 Å². The molecule has 2 nitrogen and oxygen atoms in total. The minimum absolute atomic E-state index is 0.201. The van der Waals surface area contributed by atoms with E-state index in [1.165, 1.54) is 12.1 Å². The van der Waals surface area contributed by atoms with Gasteiger partial charge < -0.3 is 10.1 Å². The third-order valence-electron chi connectivity index (χ3n) is 2.20. The smallest absolute Gasteiger partial charge is 0.125 e. The molecule has 1 fully saturated rings. The second-order valence-corrected chi connectivity index (χ2v) is 3.34. The zero-order valence-corrected chi connectivity index (χ0v) is 7.51. The molecule has 3 heteroatoms. The fraction of sp³-hybridized carbons (Fsp3) is 0.400. The Labute approximate surface area is 76.7 Å². The lowest BCUT2D eigenvalue weighted by Crippen LogP contribution is -2.40. The fourth-order valence-corrected chi connectivity index (χ4v) is 1.29. The van der Waals surface area contributed by atoms with E-state index in [0.29, 0.717) is 6.04 Å². The van der Waals surface area contributed by atoms with E-state index >= 15 is 0 Å². The van der Waals surface area contributed by atoms with Gasteiger partial charge in [-0.1, -0.05) is 6.07 Å². The lowest BCUT2D eigenvalue weighted by atomic mass is 10.1. The number of nitrogens with one attached hydrogen (secondary N) is 1. The Balaban J connectivity index is 2.13. The molecule has 0 aliphatic carbocycles. The van der Waals surface area contributed by atoms with Crippen molar-refractivity contribution in [3.63, 3.8) is 0 Å². The van der Waals surface area contributed by atoms with Gasteiger partial charge in [-0.15, -0.1) is 0 Å². The van der Waals surface area contributed by atoms with Gasteiger partial charge in [0.15, 0.2) is 0 Å². The van der Waals surface area contributed by atoms with Gasteiger partial charge in [-0.05, 0) is 24.6 Å². The van der Waals surface area contributed by atoms with E-state index in [2.05, 4.69) is 5.32 Å². The molecule has 13 heavy (non-hydrogen) atoms. The van der Waals surface area contributed by atoms with Gasteiger partial charge >= 0.3 is 0 Å². The first kappa shape index (κ1) is 8.51. The van der Waals surface area contributed by atoms with Crippen LogP contribution in [0.2, 0.25) is 0 Å². The van der Waals surface area contributed by atoms with Crippen molar-refractivity contribution in [1.82, 2.24) is 0 Å². The molecule has 0 bridgehead atoms. The number of ether oxygens (including phenoxy) is 1. The van der Waals surface area contributed by atoms with E-state index in [1.54, 1.807) is 6.07 Å². The van der Waals surface area contributed by atoms with Gasteiger partial charge in [0.1, 0.15) is 5.82 Å². The van der Waals surface area contributed by atoms with E-state index in [-0.39, 0.29) is 5.82 Å². The van der Waals surface area contributed by atoms with Crippen molar-refractivity contribution in [1.29, 1.82) is 0 Å². The molecular formula is C10H12FNO. The molecule has 70 valence electrons. The van der Waals surface area contributed by atoms with Crippen LogP contribution >= 0.6 is 0 Å². The normalized spacial score (nSPS) is 16.8. The summed E-state index contributed by atoms with van der Waals surface area (Å²) in [6, 6.07) is 5.11. The van der Waals surface area contributed by atoms with Crippen molar-refractivity contribution >= 4 is 5.69 Å². The molecule has 1 aliphatic rings. The van der Waals surface area contributed by atoms with Crippen molar-refractivity contribution in [3.8, 4) is 0 Å². The predicted octanol–water partition coefficient (Wildman–Crippen LogP) is 1.94. The van der Waals surface area contributed by atoms with Crippen LogP contribution in [0, 0.1) is 12.7 Å². The lowest BCUT2D eigenvalue weighted by Gasteiger charge is -2.28. The molecule has 0 saturated carbocycles. The third kappa shape index (κ3) is 1.80. The summed E-state index contributed by atoms with van der Waals surface area (Å²) >= 11 is 0. The van der Waals surface area contributed by atoms with Crippen LogP contribution in [-0.4, -0.2) is 19.3 Å². The summed E-state index contributed by atoms with van der Waals surface area (Å²) in [6.45, 7) is 3.40. The molecule has 1 heterocycles. The lowest BCUT2D eigenvalue weighted by molar-refractivity contribution is 0.0211. The number of anilines is 1. The van der Waals surface area contributed by atoms with Gasteiger partial charge in [0.2, 0.25) is 0 Å².